The molecule has 1 saturated heterocycles. The van der Waals surface area contributed by atoms with Crippen molar-refractivity contribution in [2.45, 2.75) is 373 Å². The average molecular weight is 1640 g/mol. The average Bonchev–Trinajstić information content (AvgIpc) is 1.77. The molecule has 2 aliphatic carbocycles. The summed E-state index contributed by atoms with van der Waals surface area (Å²) in [7, 11) is 3.25. The van der Waals surface area contributed by atoms with Gasteiger partial charge in [-0.25, -0.2) is 8.42 Å². The highest BCUT2D eigenvalue weighted by atomic mass is 32.2. The van der Waals surface area contributed by atoms with Crippen LogP contribution in [0.2, 0.25) is 0 Å². The van der Waals surface area contributed by atoms with Crippen LogP contribution in [-0.2, 0) is 43.0 Å². The van der Waals surface area contributed by atoms with Crippen LogP contribution in [0.3, 0.4) is 0 Å². The zero-order chi connectivity index (χ0) is 85.0. The van der Waals surface area contributed by atoms with Crippen LogP contribution in [0.5, 0.6) is 0 Å². The lowest BCUT2D eigenvalue weighted by Crippen LogP contribution is -2.37. The van der Waals surface area contributed by atoms with E-state index in [1.807, 2.05) is 33.8 Å². The van der Waals surface area contributed by atoms with Crippen molar-refractivity contribution in [1.29, 1.82) is 0 Å². The van der Waals surface area contributed by atoms with Crippen LogP contribution in [0.1, 0.15) is 368 Å². The second kappa shape index (κ2) is 112. The molecular weight excluding hydrogens is 1420 g/mol. The van der Waals surface area contributed by atoms with Crippen molar-refractivity contribution < 1.29 is 46.7 Å². The summed E-state index contributed by atoms with van der Waals surface area (Å²) in [6, 6.07) is 0. The maximum absolute atomic E-state index is 10.5. The Labute approximate surface area is 719 Å². The van der Waals surface area contributed by atoms with E-state index in [4.69, 9.17) is 52.4 Å². The van der Waals surface area contributed by atoms with Crippen LogP contribution in [0.25, 0.3) is 0 Å². The molecule has 696 valence electrons. The minimum Gasteiger partial charge on any atom is -0.390 e. The molecule has 2 saturated carbocycles. The molecule has 1 heterocycles. The number of sulfone groups is 1. The monoisotopic (exact) mass is 1640 g/mol. The molecule has 0 aromatic carbocycles. The van der Waals surface area contributed by atoms with Crippen molar-refractivity contribution in [3.8, 4) is 37.0 Å². The zero-order valence-electron chi connectivity index (χ0n) is 78.6. The Bertz CT molecular complexity index is 1870. The van der Waals surface area contributed by atoms with Gasteiger partial charge in [-0.3, -0.25) is 4.90 Å². The van der Waals surface area contributed by atoms with Gasteiger partial charge >= 0.3 is 0 Å². The third-order valence-electron chi connectivity index (χ3n) is 15.3. The fourth-order valence-electron chi connectivity index (χ4n) is 8.65. The SMILES string of the molecule is C.C.C.C.C.C.C#CCC(C)C.C#CCOCCOCCC(C)C.C#CCOCCOCCOCCC(C)C.C=CCC(C)C.CC(C)C1CC1.CC(C)CC(C)(C)O.CC(C)CC1CC1.CC(C)CCN(C)C.CC(C)CCN1CCOCC1.CC(C)CCS(C)(=O)=O.CCCC(C)C.CCCC(C)C.COCCC(C)C. The van der Waals surface area contributed by atoms with Gasteiger partial charge in [0, 0.05) is 52.7 Å². The smallest absolute Gasteiger partial charge is 0.147 e. The molecule has 0 amide bonds. The first-order chi connectivity index (χ1) is 49.7. The molecule has 0 unspecified atom stereocenters. The van der Waals surface area contributed by atoms with E-state index in [0.717, 1.165) is 144 Å². The molecule has 3 fully saturated rings. The molecule has 13 heteroatoms. The van der Waals surface area contributed by atoms with Gasteiger partial charge in [-0.1, -0.05) is 295 Å². The molecule has 0 spiro atoms. The third-order valence-corrected chi connectivity index (χ3v) is 16.3. The molecule has 0 radical (unpaired) electrons. The summed E-state index contributed by atoms with van der Waals surface area (Å²) in [6.45, 7) is 82.5. The van der Waals surface area contributed by atoms with Gasteiger partial charge in [-0.15, -0.1) is 31.8 Å². The Kier molecular flexibility index (Phi) is 147. The first kappa shape index (κ1) is 149. The number of nitrogens with zero attached hydrogens (tertiary/aromatic N) is 2. The van der Waals surface area contributed by atoms with E-state index < -0.39 is 15.4 Å². The Balaban J connectivity index is -0.0000000648. The second-order valence-electron chi connectivity index (χ2n) is 35.5. The second-order valence-corrected chi connectivity index (χ2v) is 37.7. The number of terminal acetylenes is 3. The van der Waals surface area contributed by atoms with Crippen molar-refractivity contribution in [2.24, 2.45) is 88.8 Å². The van der Waals surface area contributed by atoms with Crippen LogP contribution >= 0.6 is 0 Å². The normalized spacial score (nSPS) is 12.3. The Hall–Kier alpha value is -2.03. The summed E-state index contributed by atoms with van der Waals surface area (Å²) in [5.41, 5.74) is -0.478. The lowest BCUT2D eigenvalue weighted by molar-refractivity contribution is 0.0183. The van der Waals surface area contributed by atoms with Gasteiger partial charge in [0.15, 0.2) is 0 Å². The van der Waals surface area contributed by atoms with Gasteiger partial charge in [-0.2, -0.15) is 0 Å². The van der Waals surface area contributed by atoms with Crippen LogP contribution in [0, 0.1) is 126 Å². The lowest BCUT2D eigenvalue weighted by Gasteiger charge is -2.26. The Morgan fingerprint density at radius 1 is 0.487 bits per heavy atom. The molecule has 12 nitrogen and oxygen atoms in total. The number of aliphatic hydroxyl groups is 1. The largest absolute Gasteiger partial charge is 0.390 e. The van der Waals surface area contributed by atoms with E-state index in [-0.39, 0.29) is 44.6 Å². The molecule has 0 atom stereocenters. The highest BCUT2D eigenvalue weighted by molar-refractivity contribution is 7.90. The molecule has 113 heavy (non-hydrogen) atoms. The zero-order valence-corrected chi connectivity index (χ0v) is 79.4. The van der Waals surface area contributed by atoms with Crippen molar-refractivity contribution >= 4 is 9.84 Å². The molecule has 0 bridgehead atoms. The van der Waals surface area contributed by atoms with E-state index >= 15 is 0 Å². The number of allylic oxidation sites excluding steroid dienone is 1. The number of hydrogen-bond acceptors (Lipinski definition) is 12. The lowest BCUT2D eigenvalue weighted by atomic mass is 9.97. The van der Waals surface area contributed by atoms with E-state index in [9.17, 15) is 13.5 Å². The molecular formula is C100H220N2O10S. The van der Waals surface area contributed by atoms with Gasteiger partial charge in [-0.05, 0) is 200 Å². The van der Waals surface area contributed by atoms with Crippen LogP contribution < -0.4 is 0 Å². The predicted octanol–water partition coefficient (Wildman–Crippen LogP) is 28.0. The third kappa shape index (κ3) is 211. The van der Waals surface area contributed by atoms with E-state index in [1.165, 1.54) is 96.4 Å². The summed E-state index contributed by atoms with van der Waals surface area (Å²) in [5, 5.41) is 9.19. The first-order valence-corrected chi connectivity index (χ1v) is 44.9. The van der Waals surface area contributed by atoms with E-state index in [0.29, 0.717) is 88.2 Å². The number of ether oxygens (including phenoxy) is 7. The summed E-state index contributed by atoms with van der Waals surface area (Å²) in [6.07, 6.45) is 40.8. The molecule has 3 aliphatic rings. The van der Waals surface area contributed by atoms with Gasteiger partial charge < -0.3 is 43.2 Å². The topological polar surface area (TPSA) is 125 Å². The quantitative estimate of drug-likeness (QED) is 0.0356. The summed E-state index contributed by atoms with van der Waals surface area (Å²) in [4.78, 5) is 4.71. The highest BCUT2D eigenvalue weighted by Gasteiger charge is 2.24. The van der Waals surface area contributed by atoms with Crippen molar-refractivity contribution in [3.05, 3.63) is 12.7 Å². The number of rotatable bonds is 41. The van der Waals surface area contributed by atoms with Crippen molar-refractivity contribution in [3.63, 3.8) is 0 Å². The Morgan fingerprint density at radius 2 is 0.841 bits per heavy atom. The van der Waals surface area contributed by atoms with E-state index in [2.05, 4.69) is 228 Å². The van der Waals surface area contributed by atoms with Gasteiger partial charge in [0.25, 0.3) is 0 Å². The fourth-order valence-corrected chi connectivity index (χ4v) is 9.55. The molecule has 3 rings (SSSR count). The first-order valence-electron chi connectivity index (χ1n) is 42.9. The minimum atomic E-state index is -2.72. The predicted molar refractivity (Wildman–Crippen MR) is 519 cm³/mol. The van der Waals surface area contributed by atoms with Crippen molar-refractivity contribution in [1.82, 2.24) is 9.80 Å². The summed E-state index contributed by atoms with van der Waals surface area (Å²) >= 11 is 0. The molecule has 0 aromatic heterocycles. The fraction of sp³-hybridized carbons (Fsp3) is 0.920. The standard InChI is InChI=1S/C12H22O3.C10H18O2.C9H19NO.C7H17N.C7H16O.C7H14.C6H14O2S.C6H14O.C6H12.2C6H14.C6H12.C6H10.6CH4/c1-4-6-13-8-10-15-11-9-14-7-5-12(2)3;1-4-6-11-8-9-12-7-5-10(2)3;1-9(2)3-4-10-5-7-11-8-6-10;1-7(2)5-6-8(3)4;1-6(2)5-7(3,4)8;1-6(2)5-7-3-4-7;1-6(2)4-5-9(3,7)8;1-6(2)4-5-7-3;1-5(2)6-3-4-6;4*1-4-5-6(2)3;;;;;;/h1,12H,5-11H2,2-3H3;1,10H,5-9H2,2-3H3;9H,3-8H2,1-2H3;7H,5-6H2,1-4H3;6,8H,5H2,1-4H3;6-7H,3-5H2,1-2H3;6H,4-5H2,1-3H3;6H,4-5H2,1-3H3;5-6H,3-4H2,1-2H3;2*6H,4-5H2,1-3H3;4,6H,1,5H2,2-3H3;1,6H,5H2,2-3H3;6*1H4. The van der Waals surface area contributed by atoms with Crippen molar-refractivity contribution in [2.75, 3.05) is 145 Å². The van der Waals surface area contributed by atoms with Gasteiger partial charge in [0.1, 0.15) is 23.1 Å². The summed E-state index contributed by atoms with van der Waals surface area (Å²) in [5.74, 6) is 20.0. The van der Waals surface area contributed by atoms with E-state index in [1.54, 1.807) is 7.11 Å². The molecule has 1 aliphatic heterocycles. The number of methoxy groups -OCH3 is 1. The van der Waals surface area contributed by atoms with Crippen LogP contribution in [0.4, 0.5) is 0 Å². The van der Waals surface area contributed by atoms with Gasteiger partial charge in [0.05, 0.1) is 64.2 Å². The summed E-state index contributed by atoms with van der Waals surface area (Å²) < 4.78 is 57.2. The Morgan fingerprint density at radius 3 is 1.00 bits per heavy atom. The van der Waals surface area contributed by atoms with Crippen LogP contribution in [0.15, 0.2) is 12.7 Å². The number of morpholine rings is 1. The van der Waals surface area contributed by atoms with Gasteiger partial charge in [0.2, 0.25) is 0 Å². The maximum atomic E-state index is 10.5. The van der Waals surface area contributed by atoms with Crippen LogP contribution in [-0.4, -0.2) is 174 Å². The maximum Gasteiger partial charge on any atom is 0.147 e. The molecule has 0 aromatic rings. The minimum absolute atomic E-state index is 0. The number of hydrogen-bond donors (Lipinski definition) is 1. The highest BCUT2D eigenvalue weighted by Crippen LogP contribution is 2.36. The molecule has 1 N–H and O–H groups in total.